The molecule has 0 heterocycles. The van der Waals surface area contributed by atoms with Crippen LogP contribution in [-0.2, 0) is 4.74 Å². The van der Waals surface area contributed by atoms with Crippen LogP contribution in [0.4, 0.5) is 13.2 Å². The van der Waals surface area contributed by atoms with E-state index in [1.54, 1.807) is 0 Å². The van der Waals surface area contributed by atoms with Crippen LogP contribution < -0.4 is 5.73 Å². The molecule has 0 saturated carbocycles. The first-order valence-corrected chi connectivity index (χ1v) is 3.95. The molecule has 1 unspecified atom stereocenters. The maximum atomic E-state index is 12.7. The molecule has 0 bridgehead atoms. The topological polar surface area (TPSA) is 35.2 Å². The summed E-state index contributed by atoms with van der Waals surface area (Å²) in [6.07, 6.45) is 0. The van der Waals surface area contributed by atoms with Gasteiger partial charge in [-0.2, -0.15) is 0 Å². The largest absolute Gasteiger partial charge is 0.383 e. The first-order chi connectivity index (χ1) is 6.56. The lowest BCUT2D eigenvalue weighted by Gasteiger charge is -2.11. The summed E-state index contributed by atoms with van der Waals surface area (Å²) >= 11 is 0. The molecule has 0 aliphatic heterocycles. The van der Waals surface area contributed by atoms with Crippen LogP contribution in [0, 0.1) is 17.5 Å². The Balaban J connectivity index is 3.00. The van der Waals surface area contributed by atoms with Crippen molar-refractivity contribution in [2.24, 2.45) is 5.73 Å². The standard InChI is InChI=1S/C9H10F3NO/c1-14-4-8(13)5-2-6(10)9(12)7(11)3-5/h2-3,8H,4,13H2,1H3. The fraction of sp³-hybridized carbons (Fsp3) is 0.333. The molecule has 14 heavy (non-hydrogen) atoms. The first kappa shape index (κ1) is 11.0. The Morgan fingerprint density at radius 1 is 1.29 bits per heavy atom. The molecule has 78 valence electrons. The highest BCUT2D eigenvalue weighted by Crippen LogP contribution is 2.17. The van der Waals surface area contributed by atoms with E-state index in [9.17, 15) is 13.2 Å². The van der Waals surface area contributed by atoms with Gasteiger partial charge in [0.15, 0.2) is 17.5 Å². The summed E-state index contributed by atoms with van der Waals surface area (Å²) in [5.41, 5.74) is 5.68. The van der Waals surface area contributed by atoms with Gasteiger partial charge in [0.25, 0.3) is 0 Å². The van der Waals surface area contributed by atoms with E-state index in [1.165, 1.54) is 7.11 Å². The molecule has 0 aliphatic carbocycles. The summed E-state index contributed by atoms with van der Waals surface area (Å²) in [5, 5.41) is 0. The summed E-state index contributed by atoms with van der Waals surface area (Å²) in [7, 11) is 1.41. The zero-order valence-electron chi connectivity index (χ0n) is 7.56. The van der Waals surface area contributed by atoms with Crippen LogP contribution >= 0.6 is 0 Å². The van der Waals surface area contributed by atoms with E-state index in [-0.39, 0.29) is 12.2 Å². The van der Waals surface area contributed by atoms with Crippen molar-refractivity contribution in [2.75, 3.05) is 13.7 Å². The van der Waals surface area contributed by atoms with Crippen molar-refractivity contribution < 1.29 is 17.9 Å². The predicted octanol–water partition coefficient (Wildman–Crippen LogP) is 1.75. The van der Waals surface area contributed by atoms with E-state index in [1.807, 2.05) is 0 Å². The van der Waals surface area contributed by atoms with E-state index in [0.717, 1.165) is 12.1 Å². The Morgan fingerprint density at radius 3 is 2.21 bits per heavy atom. The van der Waals surface area contributed by atoms with Crippen LogP contribution in [0.25, 0.3) is 0 Å². The molecule has 0 amide bonds. The molecule has 5 heteroatoms. The van der Waals surface area contributed by atoms with E-state index in [4.69, 9.17) is 10.5 Å². The summed E-state index contributed by atoms with van der Waals surface area (Å²) in [6.45, 7) is 0.116. The lowest BCUT2D eigenvalue weighted by atomic mass is 10.1. The molecule has 2 N–H and O–H groups in total. The second-order valence-corrected chi connectivity index (χ2v) is 2.86. The van der Waals surface area contributed by atoms with Crippen molar-refractivity contribution in [3.8, 4) is 0 Å². The van der Waals surface area contributed by atoms with Gasteiger partial charge < -0.3 is 10.5 Å². The summed E-state index contributed by atoms with van der Waals surface area (Å²) < 4.78 is 42.7. The van der Waals surface area contributed by atoms with Crippen molar-refractivity contribution in [3.05, 3.63) is 35.1 Å². The van der Waals surface area contributed by atoms with Crippen molar-refractivity contribution >= 4 is 0 Å². The molecule has 1 rings (SSSR count). The fourth-order valence-electron chi connectivity index (χ4n) is 1.06. The highest BCUT2D eigenvalue weighted by molar-refractivity contribution is 5.22. The lowest BCUT2D eigenvalue weighted by molar-refractivity contribution is 0.180. The predicted molar refractivity (Wildman–Crippen MR) is 45.1 cm³/mol. The van der Waals surface area contributed by atoms with Gasteiger partial charge in [0.1, 0.15) is 0 Å². The van der Waals surface area contributed by atoms with Crippen LogP contribution in [0.3, 0.4) is 0 Å². The van der Waals surface area contributed by atoms with Crippen LogP contribution in [0.2, 0.25) is 0 Å². The average Bonchev–Trinajstić information content (AvgIpc) is 2.13. The minimum absolute atomic E-state index is 0.116. The number of nitrogens with two attached hydrogens (primary N) is 1. The van der Waals surface area contributed by atoms with Crippen LogP contribution in [-0.4, -0.2) is 13.7 Å². The Morgan fingerprint density at radius 2 is 1.79 bits per heavy atom. The van der Waals surface area contributed by atoms with E-state index < -0.39 is 23.5 Å². The Labute approximate surface area is 79.5 Å². The van der Waals surface area contributed by atoms with Crippen molar-refractivity contribution in [2.45, 2.75) is 6.04 Å². The summed E-state index contributed by atoms with van der Waals surface area (Å²) in [4.78, 5) is 0. The zero-order valence-corrected chi connectivity index (χ0v) is 7.56. The third kappa shape index (κ3) is 2.24. The molecule has 1 aromatic rings. The molecule has 1 atom stereocenters. The SMILES string of the molecule is COCC(N)c1cc(F)c(F)c(F)c1. The van der Waals surface area contributed by atoms with Gasteiger partial charge in [-0.05, 0) is 17.7 Å². The number of ether oxygens (including phenoxy) is 1. The average molecular weight is 205 g/mol. The van der Waals surface area contributed by atoms with Crippen LogP contribution in [0.5, 0.6) is 0 Å². The Bertz CT molecular complexity index is 307. The number of methoxy groups -OCH3 is 1. The van der Waals surface area contributed by atoms with Gasteiger partial charge in [-0.15, -0.1) is 0 Å². The minimum Gasteiger partial charge on any atom is -0.383 e. The normalized spacial score (nSPS) is 12.9. The molecule has 0 aromatic heterocycles. The maximum Gasteiger partial charge on any atom is 0.194 e. The molecule has 0 aliphatic rings. The smallest absolute Gasteiger partial charge is 0.194 e. The molecule has 0 saturated heterocycles. The van der Waals surface area contributed by atoms with Crippen LogP contribution in [0.1, 0.15) is 11.6 Å². The van der Waals surface area contributed by atoms with Crippen molar-refractivity contribution in [1.29, 1.82) is 0 Å². The molecule has 0 spiro atoms. The summed E-state index contributed by atoms with van der Waals surface area (Å²) in [5.74, 6) is -3.98. The van der Waals surface area contributed by atoms with Crippen molar-refractivity contribution in [3.63, 3.8) is 0 Å². The zero-order chi connectivity index (χ0) is 10.7. The first-order valence-electron chi connectivity index (χ1n) is 3.95. The number of rotatable bonds is 3. The molecule has 2 nitrogen and oxygen atoms in total. The lowest BCUT2D eigenvalue weighted by Crippen LogP contribution is -2.16. The third-order valence-electron chi connectivity index (χ3n) is 1.78. The van der Waals surface area contributed by atoms with Gasteiger partial charge in [0.2, 0.25) is 0 Å². The molecule has 1 aromatic carbocycles. The molecular weight excluding hydrogens is 195 g/mol. The maximum absolute atomic E-state index is 12.7. The van der Waals surface area contributed by atoms with Gasteiger partial charge in [0, 0.05) is 7.11 Å². The van der Waals surface area contributed by atoms with E-state index >= 15 is 0 Å². The van der Waals surface area contributed by atoms with Crippen molar-refractivity contribution in [1.82, 2.24) is 0 Å². The van der Waals surface area contributed by atoms with Gasteiger partial charge in [-0.1, -0.05) is 0 Å². The summed E-state index contributed by atoms with van der Waals surface area (Å²) in [6, 6.07) is 1.06. The third-order valence-corrected chi connectivity index (χ3v) is 1.78. The number of hydrogen-bond acceptors (Lipinski definition) is 2. The minimum atomic E-state index is -1.49. The highest BCUT2D eigenvalue weighted by Gasteiger charge is 2.14. The fourth-order valence-corrected chi connectivity index (χ4v) is 1.06. The van der Waals surface area contributed by atoms with Gasteiger partial charge >= 0.3 is 0 Å². The highest BCUT2D eigenvalue weighted by atomic mass is 19.2. The number of hydrogen-bond donors (Lipinski definition) is 1. The molecule has 0 fully saturated rings. The Hall–Kier alpha value is -1.07. The van der Waals surface area contributed by atoms with Gasteiger partial charge in [0.05, 0.1) is 12.6 Å². The second kappa shape index (κ2) is 4.43. The van der Waals surface area contributed by atoms with E-state index in [0.29, 0.717) is 0 Å². The molecular formula is C9H10F3NO. The Kier molecular flexibility index (Phi) is 3.49. The quantitative estimate of drug-likeness (QED) is 0.763. The van der Waals surface area contributed by atoms with Gasteiger partial charge in [-0.3, -0.25) is 0 Å². The molecule has 0 radical (unpaired) electrons. The second-order valence-electron chi connectivity index (χ2n) is 2.86. The van der Waals surface area contributed by atoms with Crippen LogP contribution in [0.15, 0.2) is 12.1 Å². The monoisotopic (exact) mass is 205 g/mol. The van der Waals surface area contributed by atoms with E-state index in [2.05, 4.69) is 0 Å². The van der Waals surface area contributed by atoms with Gasteiger partial charge in [-0.25, -0.2) is 13.2 Å². The number of benzene rings is 1. The number of halogens is 3.